The number of nitrogens with zero attached hydrogens (tertiary/aromatic N) is 3. The summed E-state index contributed by atoms with van der Waals surface area (Å²) in [6.45, 7) is 0. The molecule has 2 aromatic heterocycles. The Morgan fingerprint density at radius 2 is 1.52 bits per heavy atom. The lowest BCUT2D eigenvalue weighted by Crippen LogP contribution is -2.17. The molecule has 33 heavy (non-hydrogen) atoms. The maximum Gasteiger partial charge on any atom is 0.573 e. The van der Waals surface area contributed by atoms with Crippen LogP contribution in [-0.4, -0.2) is 27.2 Å². The van der Waals surface area contributed by atoms with Gasteiger partial charge in [0.15, 0.2) is 0 Å². The van der Waals surface area contributed by atoms with Crippen molar-refractivity contribution in [1.82, 2.24) is 15.0 Å². The van der Waals surface area contributed by atoms with Gasteiger partial charge in [0.25, 0.3) is 5.91 Å². The number of benzene rings is 2. The maximum atomic E-state index is 12.3. The van der Waals surface area contributed by atoms with E-state index in [9.17, 15) is 18.0 Å². The highest BCUT2D eigenvalue weighted by molar-refractivity contribution is 6.04. The van der Waals surface area contributed by atoms with Crippen LogP contribution in [0.5, 0.6) is 5.75 Å². The normalized spacial score (nSPS) is 11.0. The summed E-state index contributed by atoms with van der Waals surface area (Å²) in [7, 11) is 0. The van der Waals surface area contributed by atoms with E-state index in [1.165, 1.54) is 12.1 Å². The zero-order valence-electron chi connectivity index (χ0n) is 16.9. The Labute approximate surface area is 186 Å². The summed E-state index contributed by atoms with van der Waals surface area (Å²) in [6, 6.07) is 18.7. The van der Waals surface area contributed by atoms with Crippen LogP contribution < -0.4 is 15.4 Å². The number of nitrogens with one attached hydrogen (secondary N) is 2. The standard InChI is InChI=1S/C23H16F3N5O2/c24-23(25,26)33-18-10-4-15(5-11-18)21(32)29-16-6-8-17(9-7-16)30-22-28-14-12-20(31-22)19-3-1-2-13-27-19/h1-14H,(H,29,32)(H,28,30,31). The number of aromatic nitrogens is 3. The van der Waals surface area contributed by atoms with Crippen molar-refractivity contribution in [1.29, 1.82) is 0 Å². The Hall–Kier alpha value is -4.47. The van der Waals surface area contributed by atoms with E-state index in [1.54, 1.807) is 42.7 Å². The lowest BCUT2D eigenvalue weighted by atomic mass is 10.2. The number of pyridine rings is 1. The summed E-state index contributed by atoms with van der Waals surface area (Å²) < 4.78 is 40.5. The summed E-state index contributed by atoms with van der Waals surface area (Å²) in [5, 5.41) is 5.76. The third-order valence-electron chi connectivity index (χ3n) is 4.33. The number of ether oxygens (including phenoxy) is 1. The van der Waals surface area contributed by atoms with Crippen molar-refractivity contribution in [2.45, 2.75) is 6.36 Å². The van der Waals surface area contributed by atoms with Crippen LogP contribution in [0.15, 0.2) is 85.2 Å². The molecule has 2 N–H and O–H groups in total. The lowest BCUT2D eigenvalue weighted by Gasteiger charge is -2.10. The van der Waals surface area contributed by atoms with E-state index < -0.39 is 18.0 Å². The monoisotopic (exact) mass is 451 g/mol. The zero-order valence-corrected chi connectivity index (χ0v) is 16.9. The molecule has 0 saturated carbocycles. The van der Waals surface area contributed by atoms with Crippen molar-refractivity contribution in [3.8, 4) is 17.1 Å². The van der Waals surface area contributed by atoms with Crippen LogP contribution in [0.2, 0.25) is 0 Å². The van der Waals surface area contributed by atoms with Crippen LogP contribution in [0.25, 0.3) is 11.4 Å². The third-order valence-corrected chi connectivity index (χ3v) is 4.33. The minimum absolute atomic E-state index is 0.187. The molecule has 0 bridgehead atoms. The average Bonchev–Trinajstić information content (AvgIpc) is 2.80. The minimum atomic E-state index is -4.79. The molecular formula is C23H16F3N5O2. The highest BCUT2D eigenvalue weighted by Crippen LogP contribution is 2.23. The molecule has 0 spiro atoms. The number of alkyl halides is 3. The maximum absolute atomic E-state index is 12.3. The predicted octanol–water partition coefficient (Wildman–Crippen LogP) is 5.43. The average molecular weight is 451 g/mol. The number of hydrogen-bond donors (Lipinski definition) is 2. The van der Waals surface area contributed by atoms with Gasteiger partial charge in [-0.1, -0.05) is 6.07 Å². The van der Waals surface area contributed by atoms with E-state index in [-0.39, 0.29) is 5.56 Å². The van der Waals surface area contributed by atoms with Crippen molar-refractivity contribution >= 4 is 23.2 Å². The van der Waals surface area contributed by atoms with Gasteiger partial charge in [-0.15, -0.1) is 13.2 Å². The topological polar surface area (TPSA) is 89.0 Å². The van der Waals surface area contributed by atoms with E-state index in [2.05, 4.69) is 30.3 Å². The number of hydrogen-bond acceptors (Lipinski definition) is 6. The molecule has 10 heteroatoms. The SMILES string of the molecule is O=C(Nc1ccc(Nc2nccc(-c3ccccn3)n2)cc1)c1ccc(OC(F)(F)F)cc1. The van der Waals surface area contributed by atoms with E-state index in [0.717, 1.165) is 17.8 Å². The number of rotatable bonds is 6. The van der Waals surface area contributed by atoms with E-state index >= 15 is 0 Å². The van der Waals surface area contributed by atoms with Crippen molar-refractivity contribution < 1.29 is 22.7 Å². The quantitative estimate of drug-likeness (QED) is 0.406. The van der Waals surface area contributed by atoms with Crippen LogP contribution in [0.3, 0.4) is 0 Å². The van der Waals surface area contributed by atoms with E-state index in [1.807, 2.05) is 18.2 Å². The Bertz CT molecular complexity index is 1230. The van der Waals surface area contributed by atoms with Crippen molar-refractivity contribution in [3.63, 3.8) is 0 Å². The lowest BCUT2D eigenvalue weighted by molar-refractivity contribution is -0.274. The van der Waals surface area contributed by atoms with Gasteiger partial charge in [0.05, 0.1) is 11.4 Å². The molecule has 0 aliphatic rings. The van der Waals surface area contributed by atoms with Gasteiger partial charge in [-0.3, -0.25) is 9.78 Å². The van der Waals surface area contributed by atoms with Crippen LogP contribution >= 0.6 is 0 Å². The minimum Gasteiger partial charge on any atom is -0.406 e. The first-order valence-corrected chi connectivity index (χ1v) is 9.64. The Balaban J connectivity index is 1.38. The molecule has 0 aliphatic carbocycles. The number of anilines is 3. The van der Waals surface area contributed by atoms with Gasteiger partial charge in [-0.25, -0.2) is 9.97 Å². The number of carbonyl (C=O) groups is 1. The first-order chi connectivity index (χ1) is 15.9. The first kappa shape index (κ1) is 21.8. The van der Waals surface area contributed by atoms with Gasteiger partial charge in [-0.2, -0.15) is 0 Å². The van der Waals surface area contributed by atoms with Crippen molar-refractivity contribution in [2.75, 3.05) is 10.6 Å². The Kier molecular flexibility index (Phi) is 6.16. The smallest absolute Gasteiger partial charge is 0.406 e. The number of amides is 1. The largest absolute Gasteiger partial charge is 0.573 e. The molecule has 0 radical (unpaired) electrons. The van der Waals surface area contributed by atoms with Gasteiger partial charge in [0.1, 0.15) is 5.75 Å². The summed E-state index contributed by atoms with van der Waals surface area (Å²) in [4.78, 5) is 25.3. The second kappa shape index (κ2) is 9.35. The molecular weight excluding hydrogens is 435 g/mol. The first-order valence-electron chi connectivity index (χ1n) is 9.64. The highest BCUT2D eigenvalue weighted by Gasteiger charge is 2.31. The molecule has 0 aliphatic heterocycles. The number of halogens is 3. The third kappa shape index (κ3) is 6.03. The van der Waals surface area contributed by atoms with Crippen LogP contribution in [0, 0.1) is 0 Å². The second-order valence-corrected chi connectivity index (χ2v) is 6.71. The highest BCUT2D eigenvalue weighted by atomic mass is 19.4. The van der Waals surface area contributed by atoms with Crippen LogP contribution in [0.1, 0.15) is 10.4 Å². The summed E-state index contributed by atoms with van der Waals surface area (Å²) in [5.41, 5.74) is 2.78. The van der Waals surface area contributed by atoms with Gasteiger partial charge < -0.3 is 15.4 Å². The van der Waals surface area contributed by atoms with Gasteiger partial charge >= 0.3 is 6.36 Å². The molecule has 0 saturated heterocycles. The van der Waals surface area contributed by atoms with Crippen molar-refractivity contribution in [3.05, 3.63) is 90.8 Å². The van der Waals surface area contributed by atoms with Gasteiger partial charge in [0, 0.05) is 29.3 Å². The fraction of sp³-hybridized carbons (Fsp3) is 0.0435. The van der Waals surface area contributed by atoms with Gasteiger partial charge in [0.2, 0.25) is 5.95 Å². The molecule has 166 valence electrons. The number of carbonyl (C=O) groups excluding carboxylic acids is 1. The van der Waals surface area contributed by atoms with E-state index in [4.69, 9.17) is 0 Å². The molecule has 4 rings (SSSR count). The molecule has 0 atom stereocenters. The Morgan fingerprint density at radius 3 is 2.18 bits per heavy atom. The molecule has 2 aromatic carbocycles. The molecule has 0 fully saturated rings. The van der Waals surface area contributed by atoms with E-state index in [0.29, 0.717) is 23.0 Å². The zero-order chi connectivity index (χ0) is 23.3. The summed E-state index contributed by atoms with van der Waals surface area (Å²) >= 11 is 0. The predicted molar refractivity (Wildman–Crippen MR) is 116 cm³/mol. The fourth-order valence-corrected chi connectivity index (χ4v) is 2.85. The fourth-order valence-electron chi connectivity index (χ4n) is 2.85. The second-order valence-electron chi connectivity index (χ2n) is 6.71. The summed E-state index contributed by atoms with van der Waals surface area (Å²) in [6.07, 6.45) is -1.48. The Morgan fingerprint density at radius 1 is 0.788 bits per heavy atom. The molecule has 7 nitrogen and oxygen atoms in total. The van der Waals surface area contributed by atoms with Gasteiger partial charge in [-0.05, 0) is 66.7 Å². The summed E-state index contributed by atoms with van der Waals surface area (Å²) in [5.74, 6) is -0.486. The van der Waals surface area contributed by atoms with Crippen LogP contribution in [0.4, 0.5) is 30.5 Å². The van der Waals surface area contributed by atoms with Crippen LogP contribution in [-0.2, 0) is 0 Å². The molecule has 2 heterocycles. The van der Waals surface area contributed by atoms with Crippen molar-refractivity contribution in [2.24, 2.45) is 0 Å². The molecule has 1 amide bonds. The molecule has 0 unspecified atom stereocenters. The molecule has 4 aromatic rings.